The number of hydrogen-bond donors (Lipinski definition) is 2. The van der Waals surface area contributed by atoms with Gasteiger partial charge in [-0.15, -0.1) is 24.0 Å². The number of nitrogens with one attached hydrogen (secondary N) is 2. The molecule has 1 saturated carbocycles. The van der Waals surface area contributed by atoms with E-state index in [0.717, 1.165) is 43.3 Å². The summed E-state index contributed by atoms with van der Waals surface area (Å²) in [4.78, 5) is 9.07. The van der Waals surface area contributed by atoms with E-state index in [1.54, 1.807) is 6.26 Å². The molecular weight excluding hydrogens is 427 g/mol. The minimum Gasteiger partial charge on any atom is -0.469 e. The van der Waals surface area contributed by atoms with E-state index in [-0.39, 0.29) is 24.0 Å². The van der Waals surface area contributed by atoms with Crippen LogP contribution in [0.1, 0.15) is 37.1 Å². The summed E-state index contributed by atoms with van der Waals surface area (Å²) in [5.74, 6) is 1.89. The van der Waals surface area contributed by atoms with E-state index >= 15 is 0 Å². The first kappa shape index (κ1) is 19.8. The van der Waals surface area contributed by atoms with Crippen LogP contribution >= 0.6 is 24.0 Å². The van der Waals surface area contributed by atoms with Crippen molar-refractivity contribution in [1.29, 1.82) is 0 Å². The monoisotopic (exact) mass is 454 g/mol. The van der Waals surface area contributed by atoms with Crippen molar-refractivity contribution in [2.75, 3.05) is 13.1 Å². The minimum absolute atomic E-state index is 0. The number of nitrogens with zero attached hydrogens (tertiary/aromatic N) is 2. The van der Waals surface area contributed by atoms with Gasteiger partial charge in [-0.1, -0.05) is 18.9 Å². The normalized spacial score (nSPS) is 15.0. The quantitative estimate of drug-likeness (QED) is 0.382. The van der Waals surface area contributed by atoms with Crippen molar-refractivity contribution >= 4 is 29.9 Å². The molecule has 1 aliphatic carbocycles. The van der Waals surface area contributed by atoms with Gasteiger partial charge in [0.05, 0.1) is 6.26 Å². The van der Waals surface area contributed by atoms with Gasteiger partial charge in [0.15, 0.2) is 5.96 Å². The fraction of sp³-hybridized carbons (Fsp3) is 0.474. The van der Waals surface area contributed by atoms with Crippen LogP contribution in [0, 0.1) is 0 Å². The van der Waals surface area contributed by atoms with Crippen molar-refractivity contribution in [2.45, 2.75) is 44.6 Å². The Bertz CT molecular complexity index is 610. The Morgan fingerprint density at radius 1 is 1.16 bits per heavy atom. The second-order valence-corrected chi connectivity index (χ2v) is 6.18. The van der Waals surface area contributed by atoms with Gasteiger partial charge in [0.2, 0.25) is 0 Å². The van der Waals surface area contributed by atoms with Gasteiger partial charge >= 0.3 is 0 Å². The van der Waals surface area contributed by atoms with Crippen molar-refractivity contribution < 1.29 is 4.42 Å². The molecule has 2 heterocycles. The van der Waals surface area contributed by atoms with Crippen LogP contribution in [0.25, 0.3) is 0 Å². The molecule has 25 heavy (non-hydrogen) atoms. The standard InChI is InChI=1S/C19H26N4O.HI/c1-2-8-17(7-1)23-19(22-14-11-18-9-5-15-24-18)21-13-10-16-6-3-4-12-20-16;/h3-6,9,12,15,17H,1-2,7-8,10-11,13-14H2,(H2,21,22,23);1H. The number of halogens is 1. The summed E-state index contributed by atoms with van der Waals surface area (Å²) in [6, 6.07) is 10.5. The largest absolute Gasteiger partial charge is 0.469 e. The van der Waals surface area contributed by atoms with Crippen LogP contribution in [-0.2, 0) is 12.8 Å². The van der Waals surface area contributed by atoms with Crippen molar-refractivity contribution in [3.8, 4) is 0 Å². The van der Waals surface area contributed by atoms with Crippen LogP contribution in [0.5, 0.6) is 0 Å². The summed E-state index contributed by atoms with van der Waals surface area (Å²) in [6.45, 7) is 1.55. The molecule has 3 rings (SSSR count). The minimum atomic E-state index is 0. The SMILES string of the molecule is I.c1ccc(CCNC(=NCCc2ccco2)NC2CCCC2)nc1. The highest BCUT2D eigenvalue weighted by molar-refractivity contribution is 14.0. The first-order chi connectivity index (χ1) is 11.9. The van der Waals surface area contributed by atoms with Crippen molar-refractivity contribution in [3.05, 3.63) is 54.2 Å². The van der Waals surface area contributed by atoms with Gasteiger partial charge in [0.25, 0.3) is 0 Å². The Balaban J connectivity index is 0.00000225. The third-order valence-corrected chi connectivity index (χ3v) is 4.30. The van der Waals surface area contributed by atoms with Crippen molar-refractivity contribution in [1.82, 2.24) is 15.6 Å². The third kappa shape index (κ3) is 7.05. The van der Waals surface area contributed by atoms with Crippen LogP contribution in [-0.4, -0.2) is 30.1 Å². The number of pyridine rings is 1. The molecule has 6 heteroatoms. The summed E-state index contributed by atoms with van der Waals surface area (Å²) in [7, 11) is 0. The molecule has 0 aromatic carbocycles. The molecule has 2 N–H and O–H groups in total. The topological polar surface area (TPSA) is 62.5 Å². The van der Waals surface area contributed by atoms with Crippen LogP contribution in [0.4, 0.5) is 0 Å². The fourth-order valence-corrected chi connectivity index (χ4v) is 3.00. The Kier molecular flexibility index (Phi) is 8.79. The molecule has 5 nitrogen and oxygen atoms in total. The second kappa shape index (κ2) is 11.1. The van der Waals surface area contributed by atoms with E-state index in [2.05, 4.69) is 21.7 Å². The summed E-state index contributed by atoms with van der Waals surface area (Å²) in [5.41, 5.74) is 1.10. The molecule has 1 aliphatic rings. The van der Waals surface area contributed by atoms with Crippen molar-refractivity contribution in [3.63, 3.8) is 0 Å². The average molecular weight is 454 g/mol. The molecule has 0 amide bonds. The Morgan fingerprint density at radius 3 is 2.76 bits per heavy atom. The first-order valence-corrected chi connectivity index (χ1v) is 8.87. The fourth-order valence-electron chi connectivity index (χ4n) is 3.00. The summed E-state index contributed by atoms with van der Waals surface area (Å²) in [6.07, 6.45) is 10.4. The van der Waals surface area contributed by atoms with E-state index in [4.69, 9.17) is 9.41 Å². The lowest BCUT2D eigenvalue weighted by molar-refractivity contribution is 0.510. The molecule has 0 bridgehead atoms. The summed E-state index contributed by atoms with van der Waals surface area (Å²) in [5, 5.41) is 7.01. The third-order valence-electron chi connectivity index (χ3n) is 4.30. The lowest BCUT2D eigenvalue weighted by Crippen LogP contribution is -2.43. The van der Waals surface area contributed by atoms with Gasteiger partial charge in [-0.2, -0.15) is 0 Å². The zero-order chi connectivity index (χ0) is 16.5. The summed E-state index contributed by atoms with van der Waals surface area (Å²) < 4.78 is 5.37. The Labute approximate surface area is 166 Å². The molecular formula is C19H27IN4O. The number of aromatic nitrogens is 1. The predicted molar refractivity (Wildman–Crippen MR) is 111 cm³/mol. The van der Waals surface area contributed by atoms with E-state index < -0.39 is 0 Å². The predicted octanol–water partition coefficient (Wildman–Crippen LogP) is 3.56. The highest BCUT2D eigenvalue weighted by Crippen LogP contribution is 2.17. The highest BCUT2D eigenvalue weighted by Gasteiger charge is 2.15. The average Bonchev–Trinajstić information content (AvgIpc) is 3.29. The maximum Gasteiger partial charge on any atom is 0.191 e. The molecule has 0 unspecified atom stereocenters. The molecule has 0 atom stereocenters. The van der Waals surface area contributed by atoms with Crippen LogP contribution in [0.3, 0.4) is 0 Å². The van der Waals surface area contributed by atoms with Gasteiger partial charge in [-0.3, -0.25) is 9.98 Å². The van der Waals surface area contributed by atoms with Gasteiger partial charge in [0, 0.05) is 43.9 Å². The van der Waals surface area contributed by atoms with Crippen LogP contribution in [0.2, 0.25) is 0 Å². The molecule has 2 aromatic rings. The highest BCUT2D eigenvalue weighted by atomic mass is 127. The lowest BCUT2D eigenvalue weighted by Gasteiger charge is -2.17. The number of furan rings is 1. The van der Waals surface area contributed by atoms with E-state index in [9.17, 15) is 0 Å². The lowest BCUT2D eigenvalue weighted by atomic mass is 10.2. The maximum atomic E-state index is 5.37. The van der Waals surface area contributed by atoms with Crippen molar-refractivity contribution in [2.24, 2.45) is 4.99 Å². The van der Waals surface area contributed by atoms with Gasteiger partial charge in [-0.25, -0.2) is 0 Å². The smallest absolute Gasteiger partial charge is 0.191 e. The number of hydrogen-bond acceptors (Lipinski definition) is 3. The molecule has 0 spiro atoms. The number of guanidine groups is 1. The van der Waals surface area contributed by atoms with E-state index in [1.807, 2.05) is 30.5 Å². The molecule has 0 saturated heterocycles. The molecule has 136 valence electrons. The first-order valence-electron chi connectivity index (χ1n) is 8.87. The molecule has 1 fully saturated rings. The van der Waals surface area contributed by atoms with Gasteiger partial charge in [-0.05, 0) is 37.1 Å². The molecule has 0 radical (unpaired) electrons. The summed E-state index contributed by atoms with van der Waals surface area (Å²) >= 11 is 0. The van der Waals surface area contributed by atoms with Gasteiger partial charge in [0.1, 0.15) is 5.76 Å². The zero-order valence-corrected chi connectivity index (χ0v) is 16.8. The van der Waals surface area contributed by atoms with E-state index in [1.165, 1.54) is 25.7 Å². The van der Waals surface area contributed by atoms with Gasteiger partial charge < -0.3 is 15.1 Å². The second-order valence-electron chi connectivity index (χ2n) is 6.18. The zero-order valence-electron chi connectivity index (χ0n) is 14.5. The van der Waals surface area contributed by atoms with E-state index in [0.29, 0.717) is 6.04 Å². The Hall–Kier alpha value is -1.57. The molecule has 0 aliphatic heterocycles. The molecule has 2 aromatic heterocycles. The Morgan fingerprint density at radius 2 is 2.04 bits per heavy atom. The van der Waals surface area contributed by atoms with Crippen LogP contribution < -0.4 is 10.6 Å². The van der Waals surface area contributed by atoms with Crippen LogP contribution in [0.15, 0.2) is 52.2 Å². The number of rotatable bonds is 7. The maximum absolute atomic E-state index is 5.37. The number of aliphatic imine (C=N–C) groups is 1.